The van der Waals surface area contributed by atoms with Crippen LogP contribution in [0.4, 0.5) is 5.69 Å². The average Bonchev–Trinajstić information content (AvgIpc) is 2.41. The van der Waals surface area contributed by atoms with Crippen LogP contribution in [-0.2, 0) is 9.47 Å². The van der Waals surface area contributed by atoms with Gasteiger partial charge < -0.3 is 9.47 Å². The van der Waals surface area contributed by atoms with Gasteiger partial charge in [-0.05, 0) is 12.1 Å². The summed E-state index contributed by atoms with van der Waals surface area (Å²) in [6.07, 6.45) is -0.950. The molecule has 1 aliphatic heterocycles. The molecule has 21 heavy (non-hydrogen) atoms. The van der Waals surface area contributed by atoms with E-state index in [1.54, 1.807) is 0 Å². The minimum atomic E-state index is -1.44. The fourth-order valence-electron chi connectivity index (χ4n) is 1.77. The molecule has 1 aliphatic rings. The van der Waals surface area contributed by atoms with Gasteiger partial charge >= 0.3 is 5.97 Å². The van der Waals surface area contributed by atoms with Crippen LogP contribution in [0.2, 0.25) is 0 Å². The fourth-order valence-corrected chi connectivity index (χ4v) is 2.83. The number of ether oxygens (including phenoxy) is 2. The standard InChI is InChI=1S/C12H10Cl3NO5/c13-8-5-12(14,15)11(20-6-8)21-10(17)7-1-3-9(4-2-7)16(18)19/h1-4,8,11H,5-6H2. The molecule has 0 aromatic heterocycles. The quantitative estimate of drug-likeness (QED) is 0.360. The van der Waals surface area contributed by atoms with Crippen LogP contribution in [0.1, 0.15) is 16.8 Å². The van der Waals surface area contributed by atoms with E-state index < -0.39 is 21.5 Å². The Hall–Kier alpha value is -1.08. The minimum Gasteiger partial charge on any atom is -0.429 e. The first-order chi connectivity index (χ1) is 9.79. The van der Waals surface area contributed by atoms with Gasteiger partial charge in [-0.3, -0.25) is 10.1 Å². The molecule has 0 amide bonds. The number of carbonyl (C=O) groups is 1. The highest BCUT2D eigenvalue weighted by Gasteiger charge is 2.44. The van der Waals surface area contributed by atoms with Gasteiger partial charge in [0.2, 0.25) is 6.29 Å². The monoisotopic (exact) mass is 353 g/mol. The first-order valence-electron chi connectivity index (χ1n) is 5.88. The first-order valence-corrected chi connectivity index (χ1v) is 7.08. The predicted octanol–water partition coefficient (Wildman–Crippen LogP) is 3.28. The van der Waals surface area contributed by atoms with Crippen LogP contribution in [0.3, 0.4) is 0 Å². The van der Waals surface area contributed by atoms with Gasteiger partial charge in [-0.1, -0.05) is 23.2 Å². The van der Waals surface area contributed by atoms with Crippen molar-refractivity contribution in [1.29, 1.82) is 0 Å². The van der Waals surface area contributed by atoms with Crippen molar-refractivity contribution in [1.82, 2.24) is 0 Å². The molecule has 1 aromatic rings. The maximum Gasteiger partial charge on any atom is 0.340 e. The van der Waals surface area contributed by atoms with E-state index in [1.807, 2.05) is 0 Å². The lowest BCUT2D eigenvalue weighted by molar-refractivity contribution is -0.384. The normalized spacial score (nSPS) is 24.3. The Morgan fingerprint density at radius 3 is 2.52 bits per heavy atom. The largest absolute Gasteiger partial charge is 0.429 e. The summed E-state index contributed by atoms with van der Waals surface area (Å²) >= 11 is 17.9. The van der Waals surface area contributed by atoms with Gasteiger partial charge in [0, 0.05) is 18.6 Å². The van der Waals surface area contributed by atoms with Gasteiger partial charge in [0.1, 0.15) is 0 Å². The Labute approximate surface area is 135 Å². The summed E-state index contributed by atoms with van der Waals surface area (Å²) in [5.41, 5.74) is -0.00388. The van der Waals surface area contributed by atoms with Crippen LogP contribution in [0.25, 0.3) is 0 Å². The van der Waals surface area contributed by atoms with E-state index in [0.717, 1.165) is 0 Å². The predicted molar refractivity (Wildman–Crippen MR) is 76.9 cm³/mol. The summed E-state index contributed by atoms with van der Waals surface area (Å²) < 4.78 is 8.86. The number of nitrogens with zero attached hydrogens (tertiary/aromatic N) is 1. The Kier molecular flexibility index (Phi) is 4.93. The molecule has 1 heterocycles. The number of esters is 1. The minimum absolute atomic E-state index is 0.126. The Bertz CT molecular complexity index is 548. The molecule has 6 nitrogen and oxygen atoms in total. The van der Waals surface area contributed by atoms with E-state index in [0.29, 0.717) is 0 Å². The second-order valence-corrected chi connectivity index (χ2v) is 6.60. The molecule has 1 fully saturated rings. The van der Waals surface area contributed by atoms with E-state index in [1.165, 1.54) is 24.3 Å². The Morgan fingerprint density at radius 2 is 2.00 bits per heavy atom. The van der Waals surface area contributed by atoms with Gasteiger partial charge in [-0.15, -0.1) is 11.6 Å². The van der Waals surface area contributed by atoms with Gasteiger partial charge in [-0.25, -0.2) is 4.79 Å². The molecule has 1 saturated heterocycles. The first kappa shape index (κ1) is 16.3. The summed E-state index contributed by atoms with van der Waals surface area (Å²) in [5, 5.41) is 10.2. The van der Waals surface area contributed by atoms with E-state index in [9.17, 15) is 14.9 Å². The Balaban J connectivity index is 2.05. The van der Waals surface area contributed by atoms with Crippen molar-refractivity contribution in [3.05, 3.63) is 39.9 Å². The molecule has 2 atom stereocenters. The van der Waals surface area contributed by atoms with Gasteiger partial charge in [0.25, 0.3) is 5.69 Å². The van der Waals surface area contributed by atoms with Crippen molar-refractivity contribution in [2.24, 2.45) is 0 Å². The van der Waals surface area contributed by atoms with Crippen molar-refractivity contribution < 1.29 is 19.2 Å². The molecule has 9 heteroatoms. The van der Waals surface area contributed by atoms with Crippen molar-refractivity contribution in [3.63, 3.8) is 0 Å². The molecule has 2 unspecified atom stereocenters. The summed E-state index contributed by atoms with van der Waals surface area (Å²) in [4.78, 5) is 21.9. The van der Waals surface area contributed by atoms with Crippen LogP contribution in [0.5, 0.6) is 0 Å². The highest BCUT2D eigenvalue weighted by Crippen LogP contribution is 2.38. The maximum atomic E-state index is 11.9. The highest BCUT2D eigenvalue weighted by molar-refractivity contribution is 6.49. The molecule has 0 aliphatic carbocycles. The number of rotatable bonds is 3. The zero-order valence-corrected chi connectivity index (χ0v) is 12.8. The lowest BCUT2D eigenvalue weighted by Crippen LogP contribution is -2.45. The fraction of sp³-hybridized carbons (Fsp3) is 0.417. The molecule has 0 bridgehead atoms. The third kappa shape index (κ3) is 3.97. The number of hydrogen-bond acceptors (Lipinski definition) is 5. The van der Waals surface area contributed by atoms with Gasteiger partial charge in [-0.2, -0.15) is 0 Å². The summed E-state index contributed by atoms with van der Waals surface area (Å²) in [5.74, 6) is -0.742. The number of halogens is 3. The van der Waals surface area contributed by atoms with Crippen LogP contribution in [0.15, 0.2) is 24.3 Å². The summed E-state index contributed by atoms with van der Waals surface area (Å²) in [7, 11) is 0. The number of alkyl halides is 3. The molecule has 2 rings (SSSR count). The Morgan fingerprint density at radius 1 is 1.38 bits per heavy atom. The number of benzene rings is 1. The van der Waals surface area contributed by atoms with Crippen molar-refractivity contribution >= 4 is 46.5 Å². The third-order valence-corrected chi connectivity index (χ3v) is 3.74. The number of nitro groups is 1. The van der Waals surface area contributed by atoms with Crippen molar-refractivity contribution in [2.45, 2.75) is 22.4 Å². The van der Waals surface area contributed by atoms with E-state index >= 15 is 0 Å². The van der Waals surface area contributed by atoms with E-state index in [4.69, 9.17) is 44.3 Å². The highest BCUT2D eigenvalue weighted by atomic mass is 35.5. The number of non-ortho nitro benzene ring substituents is 1. The number of hydrogen-bond donors (Lipinski definition) is 0. The second kappa shape index (κ2) is 6.36. The molecule has 0 radical (unpaired) electrons. The van der Waals surface area contributed by atoms with Crippen LogP contribution < -0.4 is 0 Å². The van der Waals surface area contributed by atoms with Crippen LogP contribution in [0, 0.1) is 10.1 Å². The van der Waals surface area contributed by atoms with E-state index in [2.05, 4.69) is 0 Å². The molecule has 1 aromatic carbocycles. The third-order valence-electron chi connectivity index (χ3n) is 2.79. The summed E-state index contributed by atoms with van der Waals surface area (Å²) in [6, 6.07) is 4.94. The molecule has 0 saturated carbocycles. The molecule has 0 N–H and O–H groups in total. The molecule has 114 valence electrons. The van der Waals surface area contributed by atoms with Gasteiger partial charge in [0.05, 0.1) is 22.5 Å². The summed E-state index contributed by atoms with van der Waals surface area (Å²) in [6.45, 7) is 0.154. The number of nitro benzene ring substituents is 1. The maximum absolute atomic E-state index is 11.9. The van der Waals surface area contributed by atoms with Crippen molar-refractivity contribution in [3.8, 4) is 0 Å². The SMILES string of the molecule is O=C(OC1OCC(Cl)CC1(Cl)Cl)c1ccc([N+](=O)[O-])cc1. The molecule has 0 spiro atoms. The second-order valence-electron chi connectivity index (χ2n) is 4.44. The molecular formula is C12H10Cl3NO5. The number of carbonyl (C=O) groups excluding carboxylic acids is 1. The lowest BCUT2D eigenvalue weighted by Gasteiger charge is -2.35. The molecular weight excluding hydrogens is 344 g/mol. The average molecular weight is 355 g/mol. The zero-order valence-electron chi connectivity index (χ0n) is 10.5. The zero-order chi connectivity index (χ0) is 15.6. The van der Waals surface area contributed by atoms with Crippen molar-refractivity contribution in [2.75, 3.05) is 6.61 Å². The van der Waals surface area contributed by atoms with Crippen LogP contribution >= 0.6 is 34.8 Å². The van der Waals surface area contributed by atoms with E-state index in [-0.39, 0.29) is 29.7 Å². The van der Waals surface area contributed by atoms with Crippen LogP contribution in [-0.4, -0.2) is 33.5 Å². The topological polar surface area (TPSA) is 78.7 Å². The van der Waals surface area contributed by atoms with Gasteiger partial charge in [0.15, 0.2) is 4.33 Å². The lowest BCUT2D eigenvalue weighted by atomic mass is 10.1. The smallest absolute Gasteiger partial charge is 0.340 e.